The number of epoxide rings is 1. The highest BCUT2D eigenvalue weighted by Gasteiger charge is 2.46. The van der Waals surface area contributed by atoms with Crippen LogP contribution in [0, 0.1) is 5.92 Å². The zero-order valence-corrected chi connectivity index (χ0v) is 13.6. The van der Waals surface area contributed by atoms with Gasteiger partial charge in [-0.05, 0) is 31.6 Å². The van der Waals surface area contributed by atoms with Gasteiger partial charge in [0.2, 0.25) is 0 Å². The lowest BCUT2D eigenvalue weighted by Crippen LogP contribution is -2.32. The van der Waals surface area contributed by atoms with E-state index in [1.807, 2.05) is 0 Å². The zero-order chi connectivity index (χ0) is 14.5. The first-order valence-corrected chi connectivity index (χ1v) is 9.40. The van der Waals surface area contributed by atoms with Gasteiger partial charge in [0.1, 0.15) is 0 Å². The van der Waals surface area contributed by atoms with E-state index in [-0.39, 0.29) is 17.9 Å². The van der Waals surface area contributed by atoms with Crippen molar-refractivity contribution < 1.29 is 18.8 Å². The summed E-state index contributed by atoms with van der Waals surface area (Å²) < 4.78 is 11.0. The molecular formula is C15H27O4Si. The third-order valence-corrected chi connectivity index (χ3v) is 6.27. The molecule has 1 saturated carbocycles. The third-order valence-electron chi connectivity index (χ3n) is 4.58. The second-order valence-corrected chi connectivity index (χ2v) is 8.07. The first-order chi connectivity index (χ1) is 9.61. The highest BCUT2D eigenvalue weighted by atomic mass is 28.3. The van der Waals surface area contributed by atoms with Crippen LogP contribution in [0.25, 0.3) is 0 Å². The summed E-state index contributed by atoms with van der Waals surface area (Å²) in [5.41, 5.74) is 0.175. The van der Waals surface area contributed by atoms with Gasteiger partial charge in [-0.3, -0.25) is 4.79 Å². The Labute approximate surface area is 123 Å². The van der Waals surface area contributed by atoms with Gasteiger partial charge in [0.25, 0.3) is 0 Å². The van der Waals surface area contributed by atoms with Crippen molar-refractivity contribution in [3.63, 3.8) is 0 Å². The summed E-state index contributed by atoms with van der Waals surface area (Å²) in [4.78, 5) is 21.8. The van der Waals surface area contributed by atoms with E-state index in [4.69, 9.17) is 9.16 Å². The molecule has 0 spiro atoms. The molecule has 2 aliphatic rings. The largest absolute Gasteiger partial charge is 0.410 e. The number of unbranched alkanes of at least 4 members (excludes halogenated alkanes) is 2. The van der Waals surface area contributed by atoms with Gasteiger partial charge in [-0.1, -0.05) is 26.7 Å². The maximum Gasteiger partial charge on any atom is 0.385 e. The molecule has 4 unspecified atom stereocenters. The first-order valence-electron chi connectivity index (χ1n) is 7.97. The molecule has 1 aliphatic heterocycles. The number of carbonyl (C=O) groups is 1. The Morgan fingerprint density at radius 2 is 2.20 bits per heavy atom. The van der Waals surface area contributed by atoms with Gasteiger partial charge in [-0.15, -0.1) is 0 Å². The molecule has 0 bridgehead atoms. The van der Waals surface area contributed by atoms with Crippen LogP contribution in [0.5, 0.6) is 0 Å². The van der Waals surface area contributed by atoms with Crippen molar-refractivity contribution in [3.8, 4) is 0 Å². The van der Waals surface area contributed by atoms with Gasteiger partial charge in [-0.25, -0.2) is 0 Å². The van der Waals surface area contributed by atoms with Crippen molar-refractivity contribution in [1.29, 1.82) is 0 Å². The van der Waals surface area contributed by atoms with Gasteiger partial charge in [0.05, 0.1) is 18.8 Å². The van der Waals surface area contributed by atoms with Crippen LogP contribution in [0.3, 0.4) is 0 Å². The molecule has 1 heterocycles. The number of Topliss-reactive ketones (excluding diaryl/α,β-unsaturated/α-hetero) is 1. The molecule has 1 radical (unpaired) electrons. The van der Waals surface area contributed by atoms with Crippen LogP contribution in [0.1, 0.15) is 58.8 Å². The van der Waals surface area contributed by atoms with Crippen molar-refractivity contribution in [1.82, 2.24) is 0 Å². The summed E-state index contributed by atoms with van der Waals surface area (Å²) in [5, 5.41) is 0. The fraction of sp³-hybridized carbons (Fsp3) is 0.933. The summed E-state index contributed by atoms with van der Waals surface area (Å²) in [6.07, 6.45) is 7.93. The predicted molar refractivity (Wildman–Crippen MR) is 78.5 cm³/mol. The highest BCUT2D eigenvalue weighted by molar-refractivity contribution is 6.45. The van der Waals surface area contributed by atoms with Gasteiger partial charge in [0.15, 0.2) is 5.78 Å². The minimum atomic E-state index is -1.87. The number of fused-ring (bicyclic) bond motifs is 1. The molecule has 4 atom stereocenters. The molecule has 1 N–H and O–H groups in total. The monoisotopic (exact) mass is 299 g/mol. The molecule has 0 aromatic rings. The lowest BCUT2D eigenvalue weighted by Gasteiger charge is -2.27. The van der Waals surface area contributed by atoms with Gasteiger partial charge in [-0.2, -0.15) is 0 Å². The van der Waals surface area contributed by atoms with E-state index >= 15 is 0 Å². The number of ether oxygens (including phenoxy) is 1. The fourth-order valence-electron chi connectivity index (χ4n) is 3.02. The maximum atomic E-state index is 11.6. The van der Waals surface area contributed by atoms with Gasteiger partial charge < -0.3 is 14.0 Å². The minimum absolute atomic E-state index is 0.0914. The number of ketones is 1. The average molecular weight is 299 g/mol. The molecule has 1 aliphatic carbocycles. The van der Waals surface area contributed by atoms with Gasteiger partial charge in [0, 0.05) is 12.0 Å². The van der Waals surface area contributed by atoms with Crippen molar-refractivity contribution in [3.05, 3.63) is 0 Å². The molecule has 115 valence electrons. The molecular weight excluding hydrogens is 272 g/mol. The van der Waals surface area contributed by atoms with Crippen LogP contribution in [-0.2, 0) is 14.0 Å². The van der Waals surface area contributed by atoms with Crippen LogP contribution >= 0.6 is 0 Å². The predicted octanol–water partition coefficient (Wildman–Crippen LogP) is 2.59. The Morgan fingerprint density at radius 3 is 2.90 bits per heavy atom. The molecule has 0 amide bonds. The third kappa shape index (κ3) is 4.65. The Hall–Kier alpha value is -0.233. The number of hydrogen-bond acceptors (Lipinski definition) is 4. The lowest BCUT2D eigenvalue weighted by atomic mass is 9.87. The van der Waals surface area contributed by atoms with E-state index in [2.05, 4.69) is 13.8 Å². The number of carbonyl (C=O) groups excluding carboxylic acids is 1. The summed E-state index contributed by atoms with van der Waals surface area (Å²) in [5.74, 6) is 0.615. The number of rotatable bonds is 9. The van der Waals surface area contributed by atoms with Crippen LogP contribution in [0.15, 0.2) is 0 Å². The van der Waals surface area contributed by atoms with E-state index in [0.717, 1.165) is 38.5 Å². The summed E-state index contributed by atoms with van der Waals surface area (Å²) in [6, 6.07) is 0. The quantitative estimate of drug-likeness (QED) is 0.404. The Kier molecular flexibility index (Phi) is 6.20. The highest BCUT2D eigenvalue weighted by Crippen LogP contribution is 2.44. The van der Waals surface area contributed by atoms with E-state index in [1.165, 1.54) is 0 Å². The van der Waals surface area contributed by atoms with Gasteiger partial charge >= 0.3 is 9.28 Å². The fourth-order valence-corrected chi connectivity index (χ4v) is 4.30. The molecule has 20 heavy (non-hydrogen) atoms. The molecule has 5 heteroatoms. The Morgan fingerprint density at radius 1 is 1.40 bits per heavy atom. The Bertz CT molecular complexity index is 323. The molecule has 2 rings (SSSR count). The maximum absolute atomic E-state index is 11.6. The molecule has 0 aromatic heterocycles. The summed E-state index contributed by atoms with van der Waals surface area (Å²) in [6.45, 7) is 4.27. The van der Waals surface area contributed by atoms with Crippen LogP contribution in [-0.4, -0.2) is 38.7 Å². The van der Waals surface area contributed by atoms with E-state index in [9.17, 15) is 9.59 Å². The average Bonchev–Trinajstić information content (AvgIpc) is 3.22. The van der Waals surface area contributed by atoms with Crippen molar-refractivity contribution in [2.24, 2.45) is 5.92 Å². The molecule has 1 saturated heterocycles. The molecule has 0 aromatic carbocycles. The lowest BCUT2D eigenvalue weighted by molar-refractivity contribution is -0.121. The number of hydrogen-bond donors (Lipinski definition) is 1. The van der Waals surface area contributed by atoms with Crippen LogP contribution < -0.4 is 0 Å². The second-order valence-electron chi connectivity index (χ2n) is 6.20. The molecule has 4 nitrogen and oxygen atoms in total. The second kappa shape index (κ2) is 7.68. The smallest absolute Gasteiger partial charge is 0.385 e. The van der Waals surface area contributed by atoms with Crippen LogP contribution in [0.4, 0.5) is 0 Å². The SMILES string of the molecule is CCCCCC(=O)CO[Si](O)C(C)C1CCC2OC2C1. The minimum Gasteiger partial charge on any atom is -0.410 e. The molecule has 2 fully saturated rings. The summed E-state index contributed by atoms with van der Waals surface area (Å²) >= 11 is 0. The van der Waals surface area contributed by atoms with Crippen LogP contribution in [0.2, 0.25) is 5.54 Å². The van der Waals surface area contributed by atoms with Crippen molar-refractivity contribution in [2.45, 2.75) is 76.5 Å². The van der Waals surface area contributed by atoms with E-state index < -0.39 is 9.28 Å². The van der Waals surface area contributed by atoms with Crippen molar-refractivity contribution >= 4 is 15.1 Å². The van der Waals surface area contributed by atoms with E-state index in [0.29, 0.717) is 24.5 Å². The Balaban J connectivity index is 1.63. The first kappa shape index (κ1) is 16.1. The topological polar surface area (TPSA) is 59.1 Å². The van der Waals surface area contributed by atoms with E-state index in [1.54, 1.807) is 0 Å². The standard InChI is InChI=1S/C15H27O4Si/c1-3-4-5-6-13(16)10-18-20(17)11(2)12-7-8-14-15(9-12)19-14/h11-12,14-15,17H,3-10H2,1-2H3. The summed E-state index contributed by atoms with van der Waals surface area (Å²) in [7, 11) is -1.87. The normalized spacial score (nSPS) is 30.1. The zero-order valence-electron chi connectivity index (χ0n) is 12.6. The van der Waals surface area contributed by atoms with Crippen molar-refractivity contribution in [2.75, 3.05) is 6.61 Å².